The van der Waals surface area contributed by atoms with Gasteiger partial charge >= 0.3 is 0 Å². The molecule has 0 aliphatic carbocycles. The van der Waals surface area contributed by atoms with Crippen LogP contribution >= 0.6 is 23.2 Å². The third-order valence-corrected chi connectivity index (χ3v) is 5.63. The van der Waals surface area contributed by atoms with Crippen molar-refractivity contribution in [1.29, 1.82) is 0 Å². The molecule has 2 aromatic rings. The number of para-hydroxylation sites is 1. The molecular weight excluding hydrogens is 399 g/mol. The highest BCUT2D eigenvalue weighted by Crippen LogP contribution is 2.35. The molecule has 0 saturated carbocycles. The molecule has 1 atom stereocenters. The fourth-order valence-electron chi connectivity index (χ4n) is 2.99. The molecule has 0 bridgehead atoms. The minimum absolute atomic E-state index is 0.0249. The second-order valence-corrected chi connectivity index (χ2v) is 8.37. The maximum Gasteiger partial charge on any atom is 0.265 e. The van der Waals surface area contributed by atoms with E-state index in [-0.39, 0.29) is 29.2 Å². The van der Waals surface area contributed by atoms with E-state index in [1.165, 1.54) is 12.1 Å². The molecule has 1 aliphatic rings. The lowest BCUT2D eigenvalue weighted by Gasteiger charge is -2.23. The van der Waals surface area contributed by atoms with Crippen molar-refractivity contribution < 1.29 is 17.9 Å². The SMILES string of the molecule is CC1Cc2cc(S(N)(=O)=O)ccc2N1C(=O)COc1c(Cl)cccc1Cl. The highest BCUT2D eigenvalue weighted by molar-refractivity contribution is 7.89. The van der Waals surface area contributed by atoms with Crippen LogP contribution in [0.1, 0.15) is 12.5 Å². The van der Waals surface area contributed by atoms with Gasteiger partial charge < -0.3 is 9.64 Å². The molecule has 138 valence electrons. The Morgan fingerprint density at radius 3 is 2.54 bits per heavy atom. The summed E-state index contributed by atoms with van der Waals surface area (Å²) in [4.78, 5) is 14.3. The lowest BCUT2D eigenvalue weighted by molar-refractivity contribution is -0.120. The minimum Gasteiger partial charge on any atom is -0.481 e. The van der Waals surface area contributed by atoms with E-state index < -0.39 is 10.0 Å². The number of nitrogens with zero attached hydrogens (tertiary/aromatic N) is 1. The van der Waals surface area contributed by atoms with Crippen LogP contribution in [0.4, 0.5) is 5.69 Å². The van der Waals surface area contributed by atoms with E-state index in [1.54, 1.807) is 29.2 Å². The third kappa shape index (κ3) is 3.66. The molecule has 1 unspecified atom stereocenters. The first kappa shape index (κ1) is 19.0. The van der Waals surface area contributed by atoms with Gasteiger partial charge in [0, 0.05) is 11.7 Å². The van der Waals surface area contributed by atoms with E-state index in [0.29, 0.717) is 22.2 Å². The number of anilines is 1. The van der Waals surface area contributed by atoms with Gasteiger partial charge in [-0.2, -0.15) is 0 Å². The summed E-state index contributed by atoms with van der Waals surface area (Å²) in [5.41, 5.74) is 1.39. The first-order valence-corrected chi connectivity index (χ1v) is 10.0. The number of sulfonamides is 1. The predicted octanol–water partition coefficient (Wildman–Crippen LogP) is 3.00. The van der Waals surface area contributed by atoms with Crippen molar-refractivity contribution in [2.75, 3.05) is 11.5 Å². The zero-order valence-electron chi connectivity index (χ0n) is 13.8. The second-order valence-electron chi connectivity index (χ2n) is 5.99. The van der Waals surface area contributed by atoms with Crippen LogP contribution < -0.4 is 14.8 Å². The summed E-state index contributed by atoms with van der Waals surface area (Å²) in [7, 11) is -3.79. The maximum atomic E-state index is 12.7. The molecule has 9 heteroatoms. The summed E-state index contributed by atoms with van der Waals surface area (Å²) in [6.07, 6.45) is 0.525. The quantitative estimate of drug-likeness (QED) is 0.832. The molecule has 0 aromatic heterocycles. The Hall–Kier alpha value is -1.80. The molecule has 6 nitrogen and oxygen atoms in total. The monoisotopic (exact) mass is 414 g/mol. The number of amides is 1. The number of halogens is 2. The first-order valence-electron chi connectivity index (χ1n) is 7.73. The zero-order chi connectivity index (χ0) is 19.1. The molecular formula is C17H16Cl2N2O4S. The fourth-order valence-corrected chi connectivity index (χ4v) is 4.06. The fraction of sp³-hybridized carbons (Fsp3) is 0.235. The Morgan fingerprint density at radius 2 is 1.92 bits per heavy atom. The van der Waals surface area contributed by atoms with Crippen molar-refractivity contribution in [1.82, 2.24) is 0 Å². The number of carbonyl (C=O) groups is 1. The molecule has 2 aromatic carbocycles. The normalized spacial score (nSPS) is 16.5. The van der Waals surface area contributed by atoms with Crippen LogP contribution in [0.15, 0.2) is 41.3 Å². The summed E-state index contributed by atoms with van der Waals surface area (Å²) >= 11 is 12.1. The molecule has 1 amide bonds. The first-order chi connectivity index (χ1) is 12.2. The van der Waals surface area contributed by atoms with E-state index in [1.807, 2.05) is 6.92 Å². The molecule has 0 spiro atoms. The summed E-state index contributed by atoms with van der Waals surface area (Å²) in [5.74, 6) is -0.0311. The smallest absolute Gasteiger partial charge is 0.265 e. The zero-order valence-corrected chi connectivity index (χ0v) is 16.1. The van der Waals surface area contributed by atoms with Gasteiger partial charge in [0.05, 0.1) is 14.9 Å². The van der Waals surface area contributed by atoms with Crippen LogP contribution in [0, 0.1) is 0 Å². The lowest BCUT2D eigenvalue weighted by atomic mass is 10.1. The summed E-state index contributed by atoms with van der Waals surface area (Å²) in [6, 6.07) is 9.25. The highest BCUT2D eigenvalue weighted by atomic mass is 35.5. The van der Waals surface area contributed by atoms with Crippen molar-refractivity contribution in [2.24, 2.45) is 5.14 Å². The van der Waals surface area contributed by atoms with Crippen LogP contribution in [0.25, 0.3) is 0 Å². The van der Waals surface area contributed by atoms with Crippen molar-refractivity contribution >= 4 is 44.8 Å². The van der Waals surface area contributed by atoms with Crippen molar-refractivity contribution in [3.63, 3.8) is 0 Å². The van der Waals surface area contributed by atoms with E-state index >= 15 is 0 Å². The Kier molecular flexibility index (Phi) is 5.16. The van der Waals surface area contributed by atoms with Crippen LogP contribution in [-0.2, 0) is 21.2 Å². The van der Waals surface area contributed by atoms with Gasteiger partial charge in [0.1, 0.15) is 0 Å². The van der Waals surface area contributed by atoms with E-state index in [4.69, 9.17) is 33.1 Å². The number of benzene rings is 2. The third-order valence-electron chi connectivity index (χ3n) is 4.12. The Balaban J connectivity index is 1.81. The molecule has 2 N–H and O–H groups in total. The number of fused-ring (bicyclic) bond motifs is 1. The number of carbonyl (C=O) groups excluding carboxylic acids is 1. The average Bonchev–Trinajstić information content (AvgIpc) is 2.88. The van der Waals surface area contributed by atoms with Crippen molar-refractivity contribution in [3.8, 4) is 5.75 Å². The Labute approximate surface area is 161 Å². The van der Waals surface area contributed by atoms with Gasteiger partial charge in [-0.05, 0) is 49.2 Å². The average molecular weight is 415 g/mol. The van der Waals surface area contributed by atoms with Gasteiger partial charge in [0.2, 0.25) is 10.0 Å². The van der Waals surface area contributed by atoms with Gasteiger partial charge in [-0.25, -0.2) is 13.6 Å². The molecule has 0 radical (unpaired) electrons. The summed E-state index contributed by atoms with van der Waals surface area (Å²) < 4.78 is 28.5. The van der Waals surface area contributed by atoms with E-state index in [9.17, 15) is 13.2 Å². The molecule has 3 rings (SSSR count). The highest BCUT2D eigenvalue weighted by Gasteiger charge is 2.32. The van der Waals surface area contributed by atoms with E-state index in [2.05, 4.69) is 0 Å². The minimum atomic E-state index is -3.79. The molecule has 0 saturated heterocycles. The van der Waals surface area contributed by atoms with Gasteiger partial charge in [0.15, 0.2) is 12.4 Å². The summed E-state index contributed by atoms with van der Waals surface area (Å²) in [6.45, 7) is 1.63. The number of hydrogen-bond acceptors (Lipinski definition) is 4. The number of primary sulfonamides is 1. The van der Waals surface area contributed by atoms with Gasteiger partial charge in [0.25, 0.3) is 5.91 Å². The number of nitrogens with two attached hydrogens (primary N) is 1. The van der Waals surface area contributed by atoms with Gasteiger partial charge in [-0.15, -0.1) is 0 Å². The van der Waals surface area contributed by atoms with Crippen LogP contribution in [0.2, 0.25) is 10.0 Å². The number of hydrogen-bond donors (Lipinski definition) is 1. The van der Waals surface area contributed by atoms with Crippen LogP contribution in [0.3, 0.4) is 0 Å². The molecule has 26 heavy (non-hydrogen) atoms. The molecule has 1 aliphatic heterocycles. The van der Waals surface area contributed by atoms with Crippen LogP contribution in [0.5, 0.6) is 5.75 Å². The topological polar surface area (TPSA) is 89.7 Å². The lowest BCUT2D eigenvalue weighted by Crippen LogP contribution is -2.39. The largest absolute Gasteiger partial charge is 0.481 e. The molecule has 0 fully saturated rings. The number of ether oxygens (including phenoxy) is 1. The summed E-state index contributed by atoms with van der Waals surface area (Å²) in [5, 5.41) is 5.80. The van der Waals surface area contributed by atoms with Gasteiger partial charge in [-0.1, -0.05) is 29.3 Å². The Morgan fingerprint density at radius 1 is 1.27 bits per heavy atom. The van der Waals surface area contributed by atoms with E-state index in [0.717, 1.165) is 5.56 Å². The van der Waals surface area contributed by atoms with Gasteiger partial charge in [-0.3, -0.25) is 4.79 Å². The van der Waals surface area contributed by atoms with Crippen molar-refractivity contribution in [2.45, 2.75) is 24.3 Å². The second kappa shape index (κ2) is 7.08. The maximum absolute atomic E-state index is 12.7. The predicted molar refractivity (Wildman–Crippen MR) is 100 cm³/mol. The Bertz CT molecular complexity index is 958. The van der Waals surface area contributed by atoms with Crippen molar-refractivity contribution in [3.05, 3.63) is 52.0 Å². The standard InChI is InChI=1S/C17H16Cl2N2O4S/c1-10-7-11-8-12(26(20,23)24)5-6-15(11)21(10)16(22)9-25-17-13(18)3-2-4-14(17)19/h2-6,8,10H,7,9H2,1H3,(H2,20,23,24). The molecule has 1 heterocycles. The number of rotatable bonds is 4. The van der Waals surface area contributed by atoms with Crippen LogP contribution in [-0.4, -0.2) is 27.0 Å².